The lowest BCUT2D eigenvalue weighted by Crippen LogP contribution is -2.33. The van der Waals surface area contributed by atoms with Crippen LogP contribution in [0.2, 0.25) is 5.02 Å². The highest BCUT2D eigenvalue weighted by atomic mass is 35.5. The highest BCUT2D eigenvalue weighted by Gasteiger charge is 2.25. The van der Waals surface area contributed by atoms with Crippen LogP contribution in [0.1, 0.15) is 24.5 Å². The van der Waals surface area contributed by atoms with Crippen molar-refractivity contribution in [3.63, 3.8) is 0 Å². The van der Waals surface area contributed by atoms with Gasteiger partial charge in [-0.05, 0) is 43.5 Å². The molecule has 1 atom stereocenters. The molecule has 0 fully saturated rings. The maximum Gasteiger partial charge on any atom is 0.0702 e. The largest absolute Gasteiger partial charge is 0.392 e. The lowest BCUT2D eigenvalue weighted by Gasteiger charge is -2.38. The number of fused-ring (bicyclic) bond motifs is 1. The average molecular weight is 288 g/mol. The van der Waals surface area contributed by atoms with Crippen LogP contribution in [-0.4, -0.2) is 11.1 Å². The first kappa shape index (κ1) is 13.5. The number of rotatable bonds is 2. The maximum atomic E-state index is 9.60. The van der Waals surface area contributed by atoms with Crippen molar-refractivity contribution in [1.29, 1.82) is 0 Å². The van der Waals surface area contributed by atoms with Gasteiger partial charge >= 0.3 is 0 Å². The predicted molar refractivity (Wildman–Crippen MR) is 83.7 cm³/mol. The van der Waals surface area contributed by atoms with Crippen LogP contribution in [0.3, 0.4) is 0 Å². The van der Waals surface area contributed by atoms with Gasteiger partial charge < -0.3 is 10.0 Å². The number of aryl methyl sites for hydroxylation is 1. The van der Waals surface area contributed by atoms with Gasteiger partial charge in [0.05, 0.1) is 6.61 Å². The van der Waals surface area contributed by atoms with E-state index >= 15 is 0 Å². The summed E-state index contributed by atoms with van der Waals surface area (Å²) in [5.74, 6) is 0. The molecule has 104 valence electrons. The van der Waals surface area contributed by atoms with Crippen molar-refractivity contribution < 1.29 is 5.11 Å². The van der Waals surface area contributed by atoms with Crippen molar-refractivity contribution in [2.75, 3.05) is 4.90 Å². The van der Waals surface area contributed by atoms with Gasteiger partial charge in [-0.3, -0.25) is 0 Å². The first-order chi connectivity index (χ1) is 9.70. The second-order valence-electron chi connectivity index (χ2n) is 5.32. The molecule has 2 aromatic rings. The van der Waals surface area contributed by atoms with Crippen LogP contribution >= 0.6 is 11.6 Å². The van der Waals surface area contributed by atoms with Gasteiger partial charge in [-0.25, -0.2) is 0 Å². The Balaban J connectivity index is 2.16. The second-order valence-corrected chi connectivity index (χ2v) is 5.75. The van der Waals surface area contributed by atoms with Crippen molar-refractivity contribution >= 4 is 23.0 Å². The molecule has 2 aromatic carbocycles. The Morgan fingerprint density at radius 3 is 2.80 bits per heavy atom. The number of hydrogen-bond acceptors (Lipinski definition) is 2. The Labute approximate surface area is 124 Å². The summed E-state index contributed by atoms with van der Waals surface area (Å²) in [7, 11) is 0. The molecule has 1 aliphatic heterocycles. The fraction of sp³-hybridized carbons (Fsp3) is 0.294. The van der Waals surface area contributed by atoms with Gasteiger partial charge in [0, 0.05) is 28.0 Å². The number of aliphatic hydroxyl groups is 1. The zero-order valence-corrected chi connectivity index (χ0v) is 12.3. The SMILES string of the molecule is CC1CCc2ccccc2N1c1cc(Cl)ccc1CO. The lowest BCUT2D eigenvalue weighted by atomic mass is 9.95. The summed E-state index contributed by atoms with van der Waals surface area (Å²) in [6, 6.07) is 14.5. The smallest absolute Gasteiger partial charge is 0.0702 e. The molecule has 0 amide bonds. The lowest BCUT2D eigenvalue weighted by molar-refractivity contribution is 0.282. The van der Waals surface area contributed by atoms with Gasteiger partial charge in [-0.15, -0.1) is 0 Å². The molecule has 0 saturated carbocycles. The van der Waals surface area contributed by atoms with Gasteiger partial charge in [0.2, 0.25) is 0 Å². The van der Waals surface area contributed by atoms with Crippen molar-refractivity contribution in [2.45, 2.75) is 32.4 Å². The van der Waals surface area contributed by atoms with Gasteiger partial charge in [0.25, 0.3) is 0 Å². The Bertz CT molecular complexity index is 626. The Kier molecular flexibility index (Phi) is 3.68. The minimum Gasteiger partial charge on any atom is -0.392 e. The topological polar surface area (TPSA) is 23.5 Å². The number of aliphatic hydroxyl groups excluding tert-OH is 1. The van der Waals surface area contributed by atoms with E-state index in [2.05, 4.69) is 36.1 Å². The number of benzene rings is 2. The molecule has 1 heterocycles. The third-order valence-electron chi connectivity index (χ3n) is 4.00. The first-order valence-corrected chi connectivity index (χ1v) is 7.35. The summed E-state index contributed by atoms with van der Waals surface area (Å²) >= 11 is 6.16. The van der Waals surface area contributed by atoms with Crippen LogP contribution in [0.5, 0.6) is 0 Å². The molecule has 20 heavy (non-hydrogen) atoms. The van der Waals surface area contributed by atoms with Crippen molar-refractivity contribution in [3.05, 3.63) is 58.6 Å². The number of anilines is 2. The van der Waals surface area contributed by atoms with Crippen molar-refractivity contribution in [1.82, 2.24) is 0 Å². The molecule has 0 bridgehead atoms. The fourth-order valence-corrected chi connectivity index (χ4v) is 3.12. The average Bonchev–Trinajstić information content (AvgIpc) is 2.47. The highest BCUT2D eigenvalue weighted by Crippen LogP contribution is 2.39. The van der Waals surface area contributed by atoms with E-state index < -0.39 is 0 Å². The van der Waals surface area contributed by atoms with E-state index in [9.17, 15) is 5.11 Å². The normalized spacial score (nSPS) is 17.9. The minimum atomic E-state index is 0.0257. The zero-order valence-electron chi connectivity index (χ0n) is 11.5. The molecule has 3 rings (SSSR count). The molecular weight excluding hydrogens is 270 g/mol. The molecule has 1 N–H and O–H groups in total. The third-order valence-corrected chi connectivity index (χ3v) is 4.24. The van der Waals surface area contributed by atoms with Crippen LogP contribution in [-0.2, 0) is 13.0 Å². The minimum absolute atomic E-state index is 0.0257. The van der Waals surface area contributed by atoms with Crippen LogP contribution < -0.4 is 4.90 Å². The summed E-state index contributed by atoms with van der Waals surface area (Å²) in [5.41, 5.74) is 4.51. The van der Waals surface area contributed by atoms with Crippen LogP contribution in [0.25, 0.3) is 0 Å². The van der Waals surface area contributed by atoms with Gasteiger partial charge in [0.1, 0.15) is 0 Å². The Morgan fingerprint density at radius 1 is 1.20 bits per heavy atom. The molecule has 0 saturated heterocycles. The van der Waals surface area contributed by atoms with E-state index in [4.69, 9.17) is 11.6 Å². The number of nitrogens with zero attached hydrogens (tertiary/aromatic N) is 1. The summed E-state index contributed by atoms with van der Waals surface area (Å²) in [6.45, 7) is 2.25. The molecule has 0 aliphatic carbocycles. The van der Waals surface area contributed by atoms with E-state index in [1.165, 1.54) is 11.3 Å². The van der Waals surface area contributed by atoms with Gasteiger partial charge in [-0.1, -0.05) is 35.9 Å². The molecule has 3 heteroatoms. The summed E-state index contributed by atoms with van der Waals surface area (Å²) < 4.78 is 0. The zero-order chi connectivity index (χ0) is 14.1. The van der Waals surface area contributed by atoms with Crippen molar-refractivity contribution in [3.8, 4) is 0 Å². The molecule has 0 radical (unpaired) electrons. The highest BCUT2D eigenvalue weighted by molar-refractivity contribution is 6.30. The van der Waals surface area contributed by atoms with Crippen LogP contribution in [0, 0.1) is 0 Å². The summed E-state index contributed by atoms with van der Waals surface area (Å²) in [6.07, 6.45) is 2.21. The Hall–Kier alpha value is -1.51. The molecule has 1 aliphatic rings. The third kappa shape index (κ3) is 2.30. The van der Waals surface area contributed by atoms with Crippen LogP contribution in [0.15, 0.2) is 42.5 Å². The van der Waals surface area contributed by atoms with E-state index in [1.54, 1.807) is 0 Å². The van der Waals surface area contributed by atoms with Gasteiger partial charge in [-0.2, -0.15) is 0 Å². The summed E-state index contributed by atoms with van der Waals surface area (Å²) in [5, 5.41) is 10.3. The van der Waals surface area contributed by atoms with Crippen molar-refractivity contribution in [2.24, 2.45) is 0 Å². The fourth-order valence-electron chi connectivity index (χ4n) is 2.95. The maximum absolute atomic E-state index is 9.60. The number of halogens is 1. The van der Waals surface area contributed by atoms with E-state index in [0.717, 1.165) is 24.1 Å². The molecule has 0 aromatic heterocycles. The van der Waals surface area contributed by atoms with Crippen LogP contribution in [0.4, 0.5) is 11.4 Å². The molecular formula is C17H18ClNO. The Morgan fingerprint density at radius 2 is 2.00 bits per heavy atom. The number of hydrogen-bond donors (Lipinski definition) is 1. The van der Waals surface area contributed by atoms with Gasteiger partial charge in [0.15, 0.2) is 0 Å². The first-order valence-electron chi connectivity index (χ1n) is 6.97. The second kappa shape index (κ2) is 5.47. The monoisotopic (exact) mass is 287 g/mol. The summed E-state index contributed by atoms with van der Waals surface area (Å²) in [4.78, 5) is 2.30. The number of para-hydroxylation sites is 1. The molecule has 0 spiro atoms. The van der Waals surface area contributed by atoms with E-state index in [1.807, 2.05) is 18.2 Å². The predicted octanol–water partition coefficient (Wildman–Crippen LogP) is 4.31. The quantitative estimate of drug-likeness (QED) is 0.890. The van der Waals surface area contributed by atoms with E-state index in [0.29, 0.717) is 11.1 Å². The molecule has 1 unspecified atom stereocenters. The van der Waals surface area contributed by atoms with E-state index in [-0.39, 0.29) is 6.61 Å². The standard InChI is InChI=1S/C17H18ClNO/c1-12-6-7-13-4-2-3-5-16(13)19(12)17-10-15(18)9-8-14(17)11-20/h2-5,8-10,12,20H,6-7,11H2,1H3. The molecule has 2 nitrogen and oxygen atoms in total.